The van der Waals surface area contributed by atoms with Crippen LogP contribution in [0.25, 0.3) is 0 Å². The minimum Gasteiger partial charge on any atom is -0.377 e. The molecule has 1 saturated carbocycles. The molecule has 2 aliphatic heterocycles. The highest BCUT2D eigenvalue weighted by Gasteiger charge is 2.70. The Balaban J connectivity index is 1.57. The van der Waals surface area contributed by atoms with Crippen molar-refractivity contribution >= 4 is 8.80 Å². The van der Waals surface area contributed by atoms with Crippen LogP contribution in [0.3, 0.4) is 0 Å². The van der Waals surface area contributed by atoms with Gasteiger partial charge < -0.3 is 22.8 Å². The molecule has 1 aliphatic carbocycles. The molecule has 3 fully saturated rings. The molecule has 3 rings (SSSR count). The van der Waals surface area contributed by atoms with Crippen LogP contribution < -0.4 is 0 Å². The lowest BCUT2D eigenvalue weighted by atomic mass is 9.87. The van der Waals surface area contributed by atoms with Crippen LogP contribution in [0.1, 0.15) is 19.3 Å². The number of hydrogen-bond donors (Lipinski definition) is 0. The fraction of sp³-hybridized carbons (Fsp3) is 1.00. The van der Waals surface area contributed by atoms with Gasteiger partial charge in [0.1, 0.15) is 12.2 Å². The zero-order valence-electron chi connectivity index (χ0n) is 10.6. The van der Waals surface area contributed by atoms with Crippen molar-refractivity contribution in [1.29, 1.82) is 0 Å². The number of hydrogen-bond acceptors (Lipinski definition) is 5. The average Bonchev–Trinajstić information content (AvgIpc) is 3.24. The lowest BCUT2D eigenvalue weighted by Crippen LogP contribution is -2.44. The zero-order valence-corrected chi connectivity index (χ0v) is 11.6. The van der Waals surface area contributed by atoms with Gasteiger partial charge in [-0.3, -0.25) is 0 Å². The summed E-state index contributed by atoms with van der Waals surface area (Å²) in [5.74, 6) is 0. The number of epoxide rings is 2. The third-order valence-electron chi connectivity index (χ3n) is 4.38. The molecule has 0 spiro atoms. The summed E-state index contributed by atoms with van der Waals surface area (Å²) in [4.78, 5) is 0. The second-order valence-corrected chi connectivity index (χ2v) is 8.17. The van der Waals surface area contributed by atoms with Gasteiger partial charge in [-0.15, -0.1) is 0 Å². The Kier molecular flexibility index (Phi) is 2.85. The third-order valence-corrected chi connectivity index (χ3v) is 7.11. The van der Waals surface area contributed by atoms with Crippen LogP contribution in [0.4, 0.5) is 0 Å². The minimum atomic E-state index is -2.45. The quantitative estimate of drug-likeness (QED) is 0.526. The van der Waals surface area contributed by atoms with E-state index in [1.807, 2.05) is 0 Å². The van der Waals surface area contributed by atoms with Crippen molar-refractivity contribution in [3.8, 4) is 0 Å². The summed E-state index contributed by atoms with van der Waals surface area (Å²) < 4.78 is 27.7. The normalized spacial score (nSPS) is 42.9. The molecule has 2 heterocycles. The summed E-state index contributed by atoms with van der Waals surface area (Å²) in [6.45, 7) is 0. The first kappa shape index (κ1) is 12.1. The highest BCUT2D eigenvalue weighted by molar-refractivity contribution is 6.60. The number of rotatable bonds is 6. The van der Waals surface area contributed by atoms with Crippen LogP contribution in [0, 0.1) is 0 Å². The van der Waals surface area contributed by atoms with E-state index in [2.05, 4.69) is 0 Å². The average molecular weight is 260 g/mol. The third kappa shape index (κ3) is 1.87. The maximum absolute atomic E-state index is 5.88. The highest BCUT2D eigenvalue weighted by Crippen LogP contribution is 2.58. The lowest BCUT2D eigenvalue weighted by Gasteiger charge is -2.26. The van der Waals surface area contributed by atoms with Gasteiger partial charge in [-0.25, -0.2) is 0 Å². The molecule has 17 heavy (non-hydrogen) atoms. The first-order valence-corrected chi connectivity index (χ1v) is 8.10. The van der Waals surface area contributed by atoms with E-state index in [4.69, 9.17) is 22.8 Å². The highest BCUT2D eigenvalue weighted by atomic mass is 28.4. The second kappa shape index (κ2) is 4.01. The van der Waals surface area contributed by atoms with E-state index in [0.29, 0.717) is 18.3 Å². The Hall–Kier alpha value is 0.0169. The van der Waals surface area contributed by atoms with Gasteiger partial charge in [0, 0.05) is 27.4 Å². The van der Waals surface area contributed by atoms with Gasteiger partial charge in [-0.1, -0.05) is 0 Å². The molecule has 4 atom stereocenters. The molecule has 0 aromatic rings. The molecule has 5 nitrogen and oxygen atoms in total. The Labute approximate surface area is 103 Å². The number of fused-ring (bicyclic) bond motifs is 3. The Morgan fingerprint density at radius 1 is 1.24 bits per heavy atom. The SMILES string of the molecule is CO[Si](CCC12CCC3OC3C1O2)(OC)OC. The van der Waals surface area contributed by atoms with Gasteiger partial charge >= 0.3 is 8.80 Å². The maximum Gasteiger partial charge on any atom is 0.500 e. The van der Waals surface area contributed by atoms with E-state index < -0.39 is 8.80 Å². The van der Waals surface area contributed by atoms with Crippen LogP contribution in [-0.4, -0.2) is 54.0 Å². The summed E-state index contributed by atoms with van der Waals surface area (Å²) in [5.41, 5.74) is 0.0332. The van der Waals surface area contributed by atoms with Gasteiger partial charge in [0.05, 0.1) is 11.7 Å². The maximum atomic E-state index is 5.88. The van der Waals surface area contributed by atoms with Crippen LogP contribution in [0.2, 0.25) is 6.04 Å². The van der Waals surface area contributed by atoms with Gasteiger partial charge in [-0.2, -0.15) is 0 Å². The summed E-state index contributed by atoms with van der Waals surface area (Å²) in [6, 6.07) is 0.810. The van der Waals surface area contributed by atoms with Gasteiger partial charge in [0.25, 0.3) is 0 Å². The molecule has 0 radical (unpaired) electrons. The van der Waals surface area contributed by atoms with Crippen molar-refractivity contribution in [2.45, 2.75) is 49.2 Å². The summed E-state index contributed by atoms with van der Waals surface area (Å²) >= 11 is 0. The van der Waals surface area contributed by atoms with Crippen molar-refractivity contribution in [3.05, 3.63) is 0 Å². The van der Waals surface area contributed by atoms with Crippen molar-refractivity contribution in [3.63, 3.8) is 0 Å². The minimum absolute atomic E-state index is 0.0332. The Bertz CT molecular complexity index is 300. The van der Waals surface area contributed by atoms with E-state index >= 15 is 0 Å². The molecule has 2 saturated heterocycles. The van der Waals surface area contributed by atoms with Gasteiger partial charge in [0.2, 0.25) is 0 Å². The molecule has 0 amide bonds. The van der Waals surface area contributed by atoms with E-state index in [-0.39, 0.29) is 5.60 Å². The molecule has 4 unspecified atom stereocenters. The first-order valence-electron chi connectivity index (χ1n) is 6.17. The predicted octanol–water partition coefficient (Wildman–Crippen LogP) is 0.953. The summed E-state index contributed by atoms with van der Waals surface area (Å²) in [6.07, 6.45) is 4.34. The van der Waals surface area contributed by atoms with Crippen LogP contribution in [-0.2, 0) is 22.8 Å². The Morgan fingerprint density at radius 2 is 1.94 bits per heavy atom. The molecule has 6 heteroatoms. The van der Waals surface area contributed by atoms with E-state index in [1.54, 1.807) is 21.3 Å². The summed E-state index contributed by atoms with van der Waals surface area (Å²) in [5, 5.41) is 0. The Morgan fingerprint density at radius 3 is 2.59 bits per heavy atom. The van der Waals surface area contributed by atoms with Crippen molar-refractivity contribution in [2.75, 3.05) is 21.3 Å². The number of ether oxygens (including phenoxy) is 2. The molecule has 0 bridgehead atoms. The van der Waals surface area contributed by atoms with E-state index in [0.717, 1.165) is 25.3 Å². The first-order chi connectivity index (χ1) is 8.18. The van der Waals surface area contributed by atoms with E-state index in [9.17, 15) is 0 Å². The molecule has 0 aromatic carbocycles. The fourth-order valence-corrected chi connectivity index (χ4v) is 4.92. The predicted molar refractivity (Wildman–Crippen MR) is 61.7 cm³/mol. The molecular formula is C11H20O5Si. The molecule has 98 valence electrons. The molecule has 0 N–H and O–H groups in total. The summed E-state index contributed by atoms with van der Waals surface area (Å²) in [7, 11) is 2.52. The fourth-order valence-electron chi connectivity index (χ4n) is 3.08. The molecule has 0 aromatic heterocycles. The van der Waals surface area contributed by atoms with Crippen LogP contribution in [0.5, 0.6) is 0 Å². The largest absolute Gasteiger partial charge is 0.500 e. The second-order valence-electron chi connectivity index (χ2n) is 5.08. The standard InChI is InChI=1S/C11H20O5Si/c1-12-17(13-2,14-3)7-6-11-5-4-8-9(15-8)10(11)16-11/h8-10H,4-7H2,1-3H3. The van der Waals surface area contributed by atoms with Crippen molar-refractivity contribution in [1.82, 2.24) is 0 Å². The van der Waals surface area contributed by atoms with E-state index in [1.165, 1.54) is 0 Å². The van der Waals surface area contributed by atoms with Crippen molar-refractivity contribution < 1.29 is 22.8 Å². The monoisotopic (exact) mass is 260 g/mol. The van der Waals surface area contributed by atoms with Crippen LogP contribution >= 0.6 is 0 Å². The van der Waals surface area contributed by atoms with Crippen LogP contribution in [0.15, 0.2) is 0 Å². The van der Waals surface area contributed by atoms with Gasteiger partial charge in [-0.05, 0) is 19.3 Å². The zero-order chi connectivity index (χ0) is 12.1. The molecular weight excluding hydrogens is 240 g/mol. The lowest BCUT2D eigenvalue weighted by molar-refractivity contribution is 0.119. The topological polar surface area (TPSA) is 52.8 Å². The van der Waals surface area contributed by atoms with Crippen molar-refractivity contribution in [2.24, 2.45) is 0 Å². The smallest absolute Gasteiger partial charge is 0.377 e. The van der Waals surface area contributed by atoms with Gasteiger partial charge in [0.15, 0.2) is 0 Å². The molecule has 3 aliphatic rings.